The SMILES string of the molecule is CCOc1cc(-c2nnc(NC(=O)c3ccccc3Br)o2)cc(OCC)c1OCC. The van der Waals surface area contributed by atoms with Crippen LogP contribution in [0.3, 0.4) is 0 Å². The van der Waals surface area contributed by atoms with Crippen LogP contribution in [0.2, 0.25) is 0 Å². The van der Waals surface area contributed by atoms with Gasteiger partial charge in [-0.2, -0.15) is 0 Å². The minimum atomic E-state index is -0.366. The lowest BCUT2D eigenvalue weighted by Crippen LogP contribution is -2.12. The van der Waals surface area contributed by atoms with E-state index in [1.165, 1.54) is 0 Å². The molecule has 0 aliphatic rings. The number of ether oxygens (including phenoxy) is 3. The second-order valence-electron chi connectivity index (χ2n) is 5.95. The van der Waals surface area contributed by atoms with Crippen LogP contribution in [0.1, 0.15) is 31.1 Å². The first-order chi connectivity index (χ1) is 14.6. The maximum absolute atomic E-state index is 12.5. The number of anilines is 1. The fourth-order valence-corrected chi connectivity index (χ4v) is 3.18. The highest BCUT2D eigenvalue weighted by Gasteiger charge is 2.20. The lowest BCUT2D eigenvalue weighted by atomic mass is 10.2. The summed E-state index contributed by atoms with van der Waals surface area (Å²) in [6.45, 7) is 7.01. The maximum Gasteiger partial charge on any atom is 0.322 e. The summed E-state index contributed by atoms with van der Waals surface area (Å²) in [7, 11) is 0. The molecule has 1 N–H and O–H groups in total. The van der Waals surface area contributed by atoms with Crippen molar-refractivity contribution in [2.24, 2.45) is 0 Å². The Bertz CT molecular complexity index is 994. The molecule has 8 nitrogen and oxygen atoms in total. The van der Waals surface area contributed by atoms with E-state index in [1.54, 1.807) is 30.3 Å². The minimum Gasteiger partial charge on any atom is -0.490 e. The molecule has 1 heterocycles. The molecule has 0 radical (unpaired) electrons. The molecule has 0 bridgehead atoms. The van der Waals surface area contributed by atoms with Gasteiger partial charge in [-0.3, -0.25) is 10.1 Å². The molecule has 0 saturated heterocycles. The summed E-state index contributed by atoms with van der Waals surface area (Å²) in [5.74, 6) is 1.39. The molecule has 1 amide bonds. The number of hydrogen-bond donors (Lipinski definition) is 1. The number of aromatic nitrogens is 2. The van der Waals surface area contributed by atoms with Gasteiger partial charge in [0.25, 0.3) is 5.91 Å². The summed E-state index contributed by atoms with van der Waals surface area (Å²) in [6.07, 6.45) is 0. The van der Waals surface area contributed by atoms with Crippen LogP contribution in [0.15, 0.2) is 45.3 Å². The fourth-order valence-electron chi connectivity index (χ4n) is 2.71. The first kappa shape index (κ1) is 21.6. The molecule has 0 unspecified atom stereocenters. The Balaban J connectivity index is 1.90. The van der Waals surface area contributed by atoms with Gasteiger partial charge in [-0.25, -0.2) is 0 Å². The molecule has 9 heteroatoms. The molecular formula is C21H22BrN3O5. The molecule has 2 aromatic carbocycles. The number of rotatable bonds is 9. The van der Waals surface area contributed by atoms with Gasteiger partial charge >= 0.3 is 6.01 Å². The van der Waals surface area contributed by atoms with Gasteiger partial charge in [-0.1, -0.05) is 17.2 Å². The Morgan fingerprint density at radius 1 is 1.00 bits per heavy atom. The van der Waals surface area contributed by atoms with E-state index in [1.807, 2.05) is 26.8 Å². The van der Waals surface area contributed by atoms with E-state index in [9.17, 15) is 4.79 Å². The molecular weight excluding hydrogens is 454 g/mol. The number of nitrogens with one attached hydrogen (secondary N) is 1. The lowest BCUT2D eigenvalue weighted by molar-refractivity contribution is 0.102. The van der Waals surface area contributed by atoms with Gasteiger partial charge in [0.2, 0.25) is 11.6 Å². The molecule has 0 aliphatic heterocycles. The largest absolute Gasteiger partial charge is 0.490 e. The van der Waals surface area contributed by atoms with Crippen LogP contribution in [0, 0.1) is 0 Å². The highest BCUT2D eigenvalue weighted by molar-refractivity contribution is 9.10. The van der Waals surface area contributed by atoms with Crippen LogP contribution in [0.4, 0.5) is 6.01 Å². The summed E-state index contributed by atoms with van der Waals surface area (Å²) in [6, 6.07) is 10.5. The highest BCUT2D eigenvalue weighted by atomic mass is 79.9. The quantitative estimate of drug-likeness (QED) is 0.467. The first-order valence-electron chi connectivity index (χ1n) is 9.53. The zero-order valence-corrected chi connectivity index (χ0v) is 18.5. The van der Waals surface area contributed by atoms with Crippen LogP contribution in [0.25, 0.3) is 11.5 Å². The molecule has 0 fully saturated rings. The first-order valence-corrected chi connectivity index (χ1v) is 10.3. The van der Waals surface area contributed by atoms with Crippen molar-refractivity contribution >= 4 is 27.9 Å². The Kier molecular flexibility index (Phi) is 7.29. The van der Waals surface area contributed by atoms with Crippen molar-refractivity contribution in [1.82, 2.24) is 10.2 Å². The van der Waals surface area contributed by atoms with Crippen LogP contribution in [-0.4, -0.2) is 35.9 Å². The number of carbonyl (C=O) groups excluding carboxylic acids is 1. The zero-order chi connectivity index (χ0) is 21.5. The van der Waals surface area contributed by atoms with Gasteiger partial charge in [0, 0.05) is 10.0 Å². The molecule has 0 saturated carbocycles. The van der Waals surface area contributed by atoms with Gasteiger partial charge < -0.3 is 18.6 Å². The van der Waals surface area contributed by atoms with Crippen LogP contribution in [0.5, 0.6) is 17.2 Å². The smallest absolute Gasteiger partial charge is 0.322 e. The van der Waals surface area contributed by atoms with Crippen molar-refractivity contribution in [3.05, 3.63) is 46.4 Å². The van der Waals surface area contributed by atoms with E-state index in [0.717, 1.165) is 0 Å². The molecule has 1 aromatic heterocycles. The second kappa shape index (κ2) is 10.1. The fraction of sp³-hybridized carbons (Fsp3) is 0.286. The number of hydrogen-bond acceptors (Lipinski definition) is 7. The van der Waals surface area contributed by atoms with Crippen LogP contribution < -0.4 is 19.5 Å². The topological polar surface area (TPSA) is 95.7 Å². The maximum atomic E-state index is 12.5. The Morgan fingerprint density at radius 2 is 1.63 bits per heavy atom. The number of halogens is 1. The predicted molar refractivity (Wildman–Crippen MR) is 115 cm³/mol. The third-order valence-corrected chi connectivity index (χ3v) is 4.61. The Labute approximate surface area is 182 Å². The third-order valence-electron chi connectivity index (χ3n) is 3.92. The molecule has 30 heavy (non-hydrogen) atoms. The van der Waals surface area contributed by atoms with Crippen LogP contribution in [-0.2, 0) is 0 Å². The summed E-state index contributed by atoms with van der Waals surface area (Å²) in [4.78, 5) is 12.5. The summed E-state index contributed by atoms with van der Waals surface area (Å²) < 4.78 is 23.4. The van der Waals surface area contributed by atoms with E-state index in [0.29, 0.717) is 52.7 Å². The molecule has 0 aliphatic carbocycles. The molecule has 3 aromatic rings. The Hall–Kier alpha value is -3.07. The highest BCUT2D eigenvalue weighted by Crippen LogP contribution is 2.41. The lowest BCUT2D eigenvalue weighted by Gasteiger charge is -2.16. The second-order valence-corrected chi connectivity index (χ2v) is 6.80. The molecule has 0 spiro atoms. The van der Waals surface area contributed by atoms with E-state index >= 15 is 0 Å². The average Bonchev–Trinajstić information content (AvgIpc) is 3.19. The number of amides is 1. The third kappa shape index (κ3) is 4.91. The zero-order valence-electron chi connectivity index (χ0n) is 16.9. The van der Waals surface area contributed by atoms with Crippen LogP contribution >= 0.6 is 15.9 Å². The molecule has 3 rings (SSSR count). The normalized spacial score (nSPS) is 10.5. The van der Waals surface area contributed by atoms with Gasteiger partial charge in [0.15, 0.2) is 11.5 Å². The van der Waals surface area contributed by atoms with Crippen molar-refractivity contribution in [3.63, 3.8) is 0 Å². The summed E-state index contributed by atoms with van der Waals surface area (Å²) in [5, 5.41) is 10.6. The van der Waals surface area contributed by atoms with E-state index in [-0.39, 0.29) is 17.8 Å². The number of carbonyl (C=O) groups is 1. The van der Waals surface area contributed by atoms with E-state index < -0.39 is 0 Å². The van der Waals surface area contributed by atoms with Crippen molar-refractivity contribution in [2.75, 3.05) is 25.1 Å². The standard InChI is InChI=1S/C21H22BrN3O5/c1-4-27-16-11-13(12-17(28-5-2)18(16)29-6-3)20-24-25-21(30-20)23-19(26)14-9-7-8-10-15(14)22/h7-12H,4-6H2,1-3H3,(H,23,25,26). The van der Waals surface area contributed by atoms with E-state index in [4.69, 9.17) is 18.6 Å². The Morgan fingerprint density at radius 3 is 2.23 bits per heavy atom. The van der Waals surface area contributed by atoms with Gasteiger partial charge in [-0.05, 0) is 61.0 Å². The van der Waals surface area contributed by atoms with Gasteiger partial charge in [0.05, 0.1) is 25.4 Å². The molecule has 0 atom stereocenters. The van der Waals surface area contributed by atoms with Crippen molar-refractivity contribution in [1.29, 1.82) is 0 Å². The van der Waals surface area contributed by atoms with E-state index in [2.05, 4.69) is 31.4 Å². The van der Waals surface area contributed by atoms with Gasteiger partial charge in [0.1, 0.15) is 0 Å². The van der Waals surface area contributed by atoms with Crippen molar-refractivity contribution in [2.45, 2.75) is 20.8 Å². The van der Waals surface area contributed by atoms with Crippen molar-refractivity contribution < 1.29 is 23.4 Å². The number of benzene rings is 2. The number of nitrogens with zero attached hydrogens (tertiary/aromatic N) is 2. The minimum absolute atomic E-state index is 0.0180. The average molecular weight is 476 g/mol. The molecule has 158 valence electrons. The monoisotopic (exact) mass is 475 g/mol. The van der Waals surface area contributed by atoms with Crippen molar-refractivity contribution in [3.8, 4) is 28.7 Å². The summed E-state index contributed by atoms with van der Waals surface area (Å²) in [5.41, 5.74) is 1.04. The predicted octanol–water partition coefficient (Wildman–Crippen LogP) is 4.95. The van der Waals surface area contributed by atoms with Gasteiger partial charge in [-0.15, -0.1) is 5.10 Å². The summed E-state index contributed by atoms with van der Waals surface area (Å²) >= 11 is 3.35.